The summed E-state index contributed by atoms with van der Waals surface area (Å²) in [6, 6.07) is 13.5. The van der Waals surface area contributed by atoms with E-state index in [0.717, 1.165) is 0 Å². The van der Waals surface area contributed by atoms with Gasteiger partial charge in [-0.15, -0.1) is 0 Å². The first-order valence-electron chi connectivity index (χ1n) is 7.73. The molecule has 2 aromatic carbocycles. The predicted molar refractivity (Wildman–Crippen MR) is 94.2 cm³/mol. The number of nitrogens with one attached hydrogen (secondary N) is 1. The highest BCUT2D eigenvalue weighted by atomic mass is 16.6. The van der Waals surface area contributed by atoms with Gasteiger partial charge in [0.25, 0.3) is 0 Å². The molecule has 0 saturated carbocycles. The van der Waals surface area contributed by atoms with Crippen molar-refractivity contribution in [1.29, 1.82) is 0 Å². The van der Waals surface area contributed by atoms with E-state index in [0.29, 0.717) is 22.7 Å². The molecule has 0 atom stereocenters. The predicted octanol–water partition coefficient (Wildman–Crippen LogP) is 4.61. The van der Waals surface area contributed by atoms with E-state index in [4.69, 9.17) is 9.47 Å². The third-order valence-electron chi connectivity index (χ3n) is 3.01. The summed E-state index contributed by atoms with van der Waals surface area (Å²) in [6.45, 7) is 5.40. The van der Waals surface area contributed by atoms with Crippen molar-refractivity contribution in [3.8, 4) is 11.5 Å². The molecule has 0 spiro atoms. The number of esters is 1. The lowest BCUT2D eigenvalue weighted by Crippen LogP contribution is -2.27. The van der Waals surface area contributed by atoms with Crippen LogP contribution in [0, 0.1) is 0 Å². The maximum atomic E-state index is 11.7. The molecular weight excluding hydrogens is 322 g/mol. The quantitative estimate of drug-likeness (QED) is 0.821. The molecule has 132 valence electrons. The van der Waals surface area contributed by atoms with E-state index in [2.05, 4.69) is 10.1 Å². The number of rotatable bonds is 4. The van der Waals surface area contributed by atoms with Crippen molar-refractivity contribution >= 4 is 17.7 Å². The van der Waals surface area contributed by atoms with Crippen LogP contribution in [-0.4, -0.2) is 24.8 Å². The molecule has 0 aliphatic carbocycles. The highest BCUT2D eigenvalue weighted by Crippen LogP contribution is 2.24. The number of hydrogen-bond donors (Lipinski definition) is 1. The van der Waals surface area contributed by atoms with Gasteiger partial charge in [-0.2, -0.15) is 0 Å². The summed E-state index contributed by atoms with van der Waals surface area (Å²) in [5.74, 6) is 0.783. The van der Waals surface area contributed by atoms with Gasteiger partial charge in [0, 0.05) is 5.69 Å². The van der Waals surface area contributed by atoms with Crippen LogP contribution in [0.15, 0.2) is 48.5 Å². The Morgan fingerprint density at radius 3 is 1.88 bits per heavy atom. The molecule has 0 aliphatic heterocycles. The minimum Gasteiger partial charge on any atom is -0.465 e. The van der Waals surface area contributed by atoms with E-state index in [1.54, 1.807) is 69.3 Å². The smallest absolute Gasteiger partial charge is 0.412 e. The third kappa shape index (κ3) is 5.84. The summed E-state index contributed by atoms with van der Waals surface area (Å²) in [4.78, 5) is 23.1. The molecule has 0 saturated heterocycles. The van der Waals surface area contributed by atoms with Gasteiger partial charge >= 0.3 is 12.1 Å². The van der Waals surface area contributed by atoms with Gasteiger partial charge in [-0.1, -0.05) is 0 Å². The highest BCUT2D eigenvalue weighted by molar-refractivity contribution is 5.89. The normalized spacial score (nSPS) is 10.7. The molecule has 0 bridgehead atoms. The van der Waals surface area contributed by atoms with Crippen LogP contribution in [0.5, 0.6) is 11.5 Å². The number of carbonyl (C=O) groups excluding carboxylic acids is 2. The molecule has 1 N–H and O–H groups in total. The molecule has 0 aliphatic rings. The van der Waals surface area contributed by atoms with Crippen molar-refractivity contribution in [2.75, 3.05) is 12.4 Å². The van der Waals surface area contributed by atoms with Crippen molar-refractivity contribution < 1.29 is 23.8 Å². The van der Waals surface area contributed by atoms with E-state index in [1.807, 2.05) is 0 Å². The second-order valence-electron chi connectivity index (χ2n) is 6.27. The fourth-order valence-electron chi connectivity index (χ4n) is 1.94. The number of anilines is 1. The summed E-state index contributed by atoms with van der Waals surface area (Å²) in [5.41, 5.74) is 0.498. The Hall–Kier alpha value is -3.02. The van der Waals surface area contributed by atoms with E-state index < -0.39 is 17.7 Å². The molecular formula is C19H21NO5. The topological polar surface area (TPSA) is 73.9 Å². The van der Waals surface area contributed by atoms with Crippen molar-refractivity contribution in [3.63, 3.8) is 0 Å². The Labute approximate surface area is 146 Å². The van der Waals surface area contributed by atoms with Crippen LogP contribution in [0.2, 0.25) is 0 Å². The largest absolute Gasteiger partial charge is 0.465 e. The Balaban J connectivity index is 1.96. The number of carbonyl (C=O) groups is 2. The van der Waals surface area contributed by atoms with E-state index in [-0.39, 0.29) is 0 Å². The first-order valence-corrected chi connectivity index (χ1v) is 7.73. The minimum atomic E-state index is -0.552. The molecule has 0 unspecified atom stereocenters. The second kappa shape index (κ2) is 7.70. The summed E-state index contributed by atoms with van der Waals surface area (Å²) < 4.78 is 15.5. The van der Waals surface area contributed by atoms with E-state index in [9.17, 15) is 9.59 Å². The molecule has 6 nitrogen and oxygen atoms in total. The Morgan fingerprint density at radius 1 is 0.880 bits per heavy atom. The highest BCUT2D eigenvalue weighted by Gasteiger charge is 2.16. The first kappa shape index (κ1) is 18.3. The van der Waals surface area contributed by atoms with Crippen LogP contribution in [0.1, 0.15) is 31.1 Å². The van der Waals surface area contributed by atoms with Crippen molar-refractivity contribution in [1.82, 2.24) is 0 Å². The molecule has 0 aromatic heterocycles. The summed E-state index contributed by atoms with van der Waals surface area (Å²) in [5, 5.41) is 2.65. The number of benzene rings is 2. The zero-order valence-electron chi connectivity index (χ0n) is 14.7. The van der Waals surface area contributed by atoms with Gasteiger partial charge in [-0.05, 0) is 69.3 Å². The zero-order valence-corrected chi connectivity index (χ0v) is 14.7. The van der Waals surface area contributed by atoms with E-state index in [1.165, 1.54) is 7.11 Å². The minimum absolute atomic E-state index is 0.399. The number of hydrogen-bond acceptors (Lipinski definition) is 5. The second-order valence-corrected chi connectivity index (χ2v) is 6.27. The average molecular weight is 343 g/mol. The van der Waals surface area contributed by atoms with Gasteiger partial charge in [0.2, 0.25) is 0 Å². The van der Waals surface area contributed by atoms with Gasteiger partial charge in [0.15, 0.2) is 0 Å². The van der Waals surface area contributed by atoms with Crippen LogP contribution < -0.4 is 10.1 Å². The number of ether oxygens (including phenoxy) is 3. The number of methoxy groups -OCH3 is 1. The molecule has 2 aromatic rings. The Kier molecular flexibility index (Phi) is 5.64. The molecule has 2 rings (SSSR count). The lowest BCUT2D eigenvalue weighted by Gasteiger charge is -2.19. The Bertz CT molecular complexity index is 730. The maximum absolute atomic E-state index is 11.7. The lowest BCUT2D eigenvalue weighted by molar-refractivity contribution is 0.0598. The van der Waals surface area contributed by atoms with Crippen LogP contribution in [0.4, 0.5) is 10.5 Å². The van der Waals surface area contributed by atoms with Gasteiger partial charge < -0.3 is 14.2 Å². The van der Waals surface area contributed by atoms with Gasteiger partial charge in [-0.3, -0.25) is 5.32 Å². The summed E-state index contributed by atoms with van der Waals surface area (Å²) in [6.07, 6.45) is -0.514. The van der Waals surface area contributed by atoms with Crippen molar-refractivity contribution in [2.45, 2.75) is 26.4 Å². The molecule has 0 fully saturated rings. The fraction of sp³-hybridized carbons (Fsp3) is 0.263. The average Bonchev–Trinajstić information content (AvgIpc) is 2.55. The van der Waals surface area contributed by atoms with Crippen molar-refractivity contribution in [3.05, 3.63) is 54.1 Å². The monoisotopic (exact) mass is 343 g/mol. The molecule has 0 radical (unpaired) electrons. The van der Waals surface area contributed by atoms with Crippen LogP contribution in [-0.2, 0) is 9.47 Å². The molecule has 0 heterocycles. The standard InChI is InChI=1S/C19H21NO5/c1-19(2,3)25-18(22)20-14-7-11-16(12-8-14)24-15-9-5-13(6-10-15)17(21)23-4/h5-12H,1-4H3,(H,20,22). The van der Waals surface area contributed by atoms with Crippen LogP contribution >= 0.6 is 0 Å². The zero-order chi connectivity index (χ0) is 18.4. The molecule has 25 heavy (non-hydrogen) atoms. The van der Waals surface area contributed by atoms with Crippen molar-refractivity contribution in [2.24, 2.45) is 0 Å². The Morgan fingerprint density at radius 2 is 1.40 bits per heavy atom. The van der Waals surface area contributed by atoms with E-state index >= 15 is 0 Å². The third-order valence-corrected chi connectivity index (χ3v) is 3.01. The van der Waals surface area contributed by atoms with Gasteiger partial charge in [0.1, 0.15) is 17.1 Å². The number of amides is 1. The SMILES string of the molecule is COC(=O)c1ccc(Oc2ccc(NC(=O)OC(C)(C)C)cc2)cc1. The summed E-state index contributed by atoms with van der Waals surface area (Å²) >= 11 is 0. The van der Waals surface area contributed by atoms with Crippen LogP contribution in [0.25, 0.3) is 0 Å². The molecule has 6 heteroatoms. The van der Waals surface area contributed by atoms with Gasteiger partial charge in [0.05, 0.1) is 12.7 Å². The summed E-state index contributed by atoms with van der Waals surface area (Å²) in [7, 11) is 1.33. The van der Waals surface area contributed by atoms with Crippen LogP contribution in [0.3, 0.4) is 0 Å². The fourth-order valence-corrected chi connectivity index (χ4v) is 1.94. The van der Waals surface area contributed by atoms with Gasteiger partial charge in [-0.25, -0.2) is 9.59 Å². The lowest BCUT2D eigenvalue weighted by atomic mass is 10.2. The maximum Gasteiger partial charge on any atom is 0.412 e. The first-order chi connectivity index (χ1) is 11.8. The molecule has 1 amide bonds.